The summed E-state index contributed by atoms with van der Waals surface area (Å²) in [6, 6.07) is 28.2. The highest BCUT2D eigenvalue weighted by molar-refractivity contribution is 5.70. The van der Waals surface area contributed by atoms with Gasteiger partial charge in [-0.2, -0.15) is 21.0 Å². The van der Waals surface area contributed by atoms with Gasteiger partial charge in [0.15, 0.2) is 11.5 Å². The molecule has 0 atom stereocenters. The largest absolute Gasteiger partial charge is 0.455 e. The van der Waals surface area contributed by atoms with Crippen LogP contribution in [0.25, 0.3) is 40.7 Å². The minimum atomic E-state index is 0.00452. The zero-order chi connectivity index (χ0) is 26.0. The van der Waals surface area contributed by atoms with E-state index < -0.39 is 0 Å². The summed E-state index contributed by atoms with van der Waals surface area (Å²) in [5.41, 5.74) is 2.52. The topological polar surface area (TPSA) is 126 Å². The van der Waals surface area contributed by atoms with E-state index >= 15 is 0 Å². The molecule has 0 amide bonds. The van der Waals surface area contributed by atoms with Gasteiger partial charge in [-0.3, -0.25) is 0 Å². The number of hydrogen-bond donors (Lipinski definition) is 0. The lowest BCUT2D eigenvalue weighted by atomic mass is 10.2. The fourth-order valence-electron chi connectivity index (χ4n) is 3.51. The van der Waals surface area contributed by atoms with Crippen LogP contribution in [0.2, 0.25) is 0 Å². The predicted molar refractivity (Wildman–Crippen MR) is 138 cm³/mol. The molecule has 0 N–H and O–H groups in total. The number of allylic oxidation sites excluding steroid dienone is 6. The second-order valence-electron chi connectivity index (χ2n) is 7.50. The number of para-hydroxylation sites is 1. The third-order valence-corrected chi connectivity index (χ3v) is 5.18. The van der Waals surface area contributed by atoms with Crippen molar-refractivity contribution in [2.75, 3.05) is 0 Å². The first kappa shape index (κ1) is 24.1. The first-order chi connectivity index (χ1) is 18.2. The summed E-state index contributed by atoms with van der Waals surface area (Å²) in [6.45, 7) is 0. The monoisotopic (exact) mass is 479 g/mol. The van der Waals surface area contributed by atoms with Gasteiger partial charge < -0.3 is 13.4 Å². The first-order valence-electron chi connectivity index (χ1n) is 11.0. The van der Waals surface area contributed by atoms with Crippen LogP contribution in [0.15, 0.2) is 111 Å². The van der Waals surface area contributed by atoms with Gasteiger partial charge in [0, 0.05) is 5.69 Å². The van der Waals surface area contributed by atoms with Crippen LogP contribution in [0.5, 0.6) is 0 Å². The summed E-state index contributed by atoms with van der Waals surface area (Å²) in [5.74, 6) is 2.38. The normalized spacial score (nSPS) is 10.4. The molecule has 0 saturated carbocycles. The van der Waals surface area contributed by atoms with Crippen molar-refractivity contribution in [3.8, 4) is 52.9 Å². The van der Waals surface area contributed by atoms with Crippen LogP contribution in [0, 0.1) is 45.3 Å². The zero-order valence-corrected chi connectivity index (χ0v) is 19.4. The number of hydrogen-bond acceptors (Lipinski definition) is 6. The van der Waals surface area contributed by atoms with Crippen LogP contribution in [-0.4, -0.2) is 4.57 Å². The van der Waals surface area contributed by atoms with Gasteiger partial charge >= 0.3 is 0 Å². The Labute approximate surface area is 213 Å². The maximum Gasteiger partial charge on any atom is 0.151 e. The van der Waals surface area contributed by atoms with E-state index in [1.165, 1.54) is 12.2 Å². The fourth-order valence-corrected chi connectivity index (χ4v) is 3.51. The highest BCUT2D eigenvalue weighted by atomic mass is 16.3. The van der Waals surface area contributed by atoms with Crippen LogP contribution < -0.4 is 0 Å². The second-order valence-corrected chi connectivity index (χ2v) is 7.50. The molecule has 1 aromatic carbocycles. The molecule has 0 aliphatic carbocycles. The van der Waals surface area contributed by atoms with E-state index in [0.717, 1.165) is 17.1 Å². The quantitative estimate of drug-likeness (QED) is 0.208. The van der Waals surface area contributed by atoms with E-state index in [9.17, 15) is 0 Å². The van der Waals surface area contributed by atoms with Crippen molar-refractivity contribution < 1.29 is 8.83 Å². The zero-order valence-electron chi connectivity index (χ0n) is 19.4. The molecule has 0 aliphatic heterocycles. The van der Waals surface area contributed by atoms with Crippen LogP contribution in [0.4, 0.5) is 0 Å². The minimum Gasteiger partial charge on any atom is -0.455 e. The van der Waals surface area contributed by atoms with Crippen LogP contribution in [0.3, 0.4) is 0 Å². The van der Waals surface area contributed by atoms with E-state index in [-0.39, 0.29) is 11.1 Å². The van der Waals surface area contributed by atoms with Crippen molar-refractivity contribution >= 4 is 12.2 Å². The number of benzene rings is 1. The number of nitrogens with zero attached hydrogens (tertiary/aromatic N) is 5. The van der Waals surface area contributed by atoms with Gasteiger partial charge in [0.25, 0.3) is 0 Å². The van der Waals surface area contributed by atoms with Gasteiger partial charge in [-0.05, 0) is 72.8 Å². The highest BCUT2D eigenvalue weighted by Crippen LogP contribution is 2.34. The molecule has 0 unspecified atom stereocenters. The molecule has 0 radical (unpaired) electrons. The number of furan rings is 2. The lowest BCUT2D eigenvalue weighted by Crippen LogP contribution is -1.98. The van der Waals surface area contributed by atoms with E-state index in [4.69, 9.17) is 29.9 Å². The van der Waals surface area contributed by atoms with E-state index in [2.05, 4.69) is 0 Å². The highest BCUT2D eigenvalue weighted by Gasteiger charge is 2.18. The summed E-state index contributed by atoms with van der Waals surface area (Å²) >= 11 is 0. The maximum atomic E-state index is 8.86. The third-order valence-electron chi connectivity index (χ3n) is 5.18. The van der Waals surface area contributed by atoms with Gasteiger partial charge in [-0.15, -0.1) is 0 Å². The molecular weight excluding hydrogens is 462 g/mol. The molecule has 0 aliphatic rings. The number of rotatable bonds is 7. The Morgan fingerprint density at radius 1 is 0.595 bits per heavy atom. The van der Waals surface area contributed by atoms with Crippen molar-refractivity contribution in [3.63, 3.8) is 0 Å². The Hall–Kier alpha value is -6.02. The summed E-state index contributed by atoms with van der Waals surface area (Å²) < 4.78 is 14.1. The SMILES string of the molecule is N#CC(C#N)=C/C=C/c1ccc(-c2ccc(-c3ccc(/C=C/C=C(C#N)C#N)o3)n2-c2ccccc2)o1. The standard InChI is InChI=1S/C30H17N5O2/c31-18-22(19-32)6-4-10-25-12-16-29(36-25)27-14-15-28(35(27)24-8-2-1-3-9-24)30-17-13-26(37-30)11-5-7-23(20-33)21-34/h1-17H/b10-4+,11-5+. The van der Waals surface area contributed by atoms with Crippen molar-refractivity contribution in [1.82, 2.24) is 4.57 Å². The van der Waals surface area contributed by atoms with Gasteiger partial charge in [-0.1, -0.05) is 30.4 Å². The second kappa shape index (κ2) is 11.4. The Bertz CT molecular complexity index is 1570. The molecule has 0 fully saturated rings. The molecule has 7 nitrogen and oxygen atoms in total. The fraction of sp³-hybridized carbons (Fsp3) is 0. The number of aromatic nitrogens is 1. The average Bonchev–Trinajstić information content (AvgIpc) is 3.69. The molecule has 0 saturated heterocycles. The van der Waals surface area contributed by atoms with Crippen molar-refractivity contribution in [2.24, 2.45) is 0 Å². The molecule has 37 heavy (non-hydrogen) atoms. The summed E-state index contributed by atoms with van der Waals surface area (Å²) in [5, 5.41) is 35.4. The molecule has 3 aromatic heterocycles. The molecule has 0 bridgehead atoms. The molecule has 3 heterocycles. The third kappa shape index (κ3) is 5.56. The summed E-state index contributed by atoms with van der Waals surface area (Å²) in [6.07, 6.45) is 9.39. The molecule has 7 heteroatoms. The van der Waals surface area contributed by atoms with E-state index in [1.54, 1.807) is 36.4 Å². The van der Waals surface area contributed by atoms with Gasteiger partial charge in [0.05, 0.1) is 11.4 Å². The van der Waals surface area contributed by atoms with Crippen molar-refractivity contribution in [2.45, 2.75) is 0 Å². The lowest BCUT2D eigenvalue weighted by molar-refractivity contribution is 0.564. The Morgan fingerprint density at radius 3 is 1.49 bits per heavy atom. The Morgan fingerprint density at radius 2 is 1.05 bits per heavy atom. The Kier molecular flexibility index (Phi) is 7.44. The predicted octanol–water partition coefficient (Wildman–Crippen LogP) is 6.97. The average molecular weight is 479 g/mol. The van der Waals surface area contributed by atoms with E-state index in [0.29, 0.717) is 23.0 Å². The van der Waals surface area contributed by atoms with E-state index in [1.807, 2.05) is 83.4 Å². The molecular formula is C30H17N5O2. The maximum absolute atomic E-state index is 8.86. The molecule has 174 valence electrons. The van der Waals surface area contributed by atoms with Gasteiger partial charge in [0.2, 0.25) is 0 Å². The molecule has 4 rings (SSSR count). The summed E-state index contributed by atoms with van der Waals surface area (Å²) in [4.78, 5) is 0. The minimum absolute atomic E-state index is 0.00452. The van der Waals surface area contributed by atoms with Crippen LogP contribution in [0.1, 0.15) is 11.5 Å². The van der Waals surface area contributed by atoms with Crippen LogP contribution in [-0.2, 0) is 0 Å². The van der Waals surface area contributed by atoms with Crippen LogP contribution >= 0.6 is 0 Å². The summed E-state index contributed by atoms with van der Waals surface area (Å²) in [7, 11) is 0. The smallest absolute Gasteiger partial charge is 0.151 e. The first-order valence-corrected chi connectivity index (χ1v) is 11.0. The van der Waals surface area contributed by atoms with Crippen molar-refractivity contribution in [3.05, 3.63) is 114 Å². The van der Waals surface area contributed by atoms with Gasteiger partial charge in [-0.25, -0.2) is 0 Å². The lowest BCUT2D eigenvalue weighted by Gasteiger charge is -2.11. The van der Waals surface area contributed by atoms with Crippen molar-refractivity contribution in [1.29, 1.82) is 21.0 Å². The molecule has 4 aromatic rings. The van der Waals surface area contributed by atoms with Gasteiger partial charge in [0.1, 0.15) is 46.9 Å². The molecule has 0 spiro atoms. The Balaban J connectivity index is 1.70. The number of nitriles is 4.